The maximum absolute atomic E-state index is 12.1. The van der Waals surface area contributed by atoms with Crippen LogP contribution in [-0.4, -0.2) is 17.9 Å². The molecule has 2 aromatic carbocycles. The summed E-state index contributed by atoms with van der Waals surface area (Å²) in [6.07, 6.45) is 0.254. The highest BCUT2D eigenvalue weighted by molar-refractivity contribution is 7.13. The number of nitrogens with zero attached hydrogens (tertiary/aromatic N) is 1. The first-order valence-corrected chi connectivity index (χ1v) is 8.80. The van der Waals surface area contributed by atoms with E-state index in [9.17, 15) is 4.79 Å². The molecule has 1 aromatic heterocycles. The highest BCUT2D eigenvalue weighted by Gasteiger charge is 2.08. The molecule has 0 saturated heterocycles. The standard InChI is InChI=1S/C19H19N3O2S/c1-20-19-22-16(13-25-19)11-18(23)21-15-7-9-17(10-8-15)24-12-14-5-3-2-4-6-14/h2-10,13H,11-12H2,1H3,(H,20,22)(H,21,23). The zero-order chi connectivity index (χ0) is 17.5. The van der Waals surface area contributed by atoms with Gasteiger partial charge < -0.3 is 15.4 Å². The molecule has 128 valence electrons. The average molecular weight is 353 g/mol. The molecule has 6 heteroatoms. The largest absolute Gasteiger partial charge is 0.489 e. The molecule has 0 unspecified atom stereocenters. The van der Waals surface area contributed by atoms with Crippen molar-refractivity contribution in [3.8, 4) is 5.75 Å². The Morgan fingerprint density at radius 1 is 1.12 bits per heavy atom. The SMILES string of the molecule is CNc1nc(CC(=O)Nc2ccc(OCc3ccccc3)cc2)cs1. The lowest BCUT2D eigenvalue weighted by molar-refractivity contribution is -0.115. The van der Waals surface area contributed by atoms with Crippen molar-refractivity contribution in [3.05, 3.63) is 71.2 Å². The molecule has 0 aliphatic carbocycles. The molecule has 0 bridgehead atoms. The Morgan fingerprint density at radius 2 is 1.88 bits per heavy atom. The first kappa shape index (κ1) is 17.0. The number of thiazole rings is 1. The predicted octanol–water partition coefficient (Wildman–Crippen LogP) is 3.95. The molecule has 0 saturated carbocycles. The number of hydrogen-bond acceptors (Lipinski definition) is 5. The van der Waals surface area contributed by atoms with Crippen molar-refractivity contribution in [2.45, 2.75) is 13.0 Å². The quantitative estimate of drug-likeness (QED) is 0.675. The van der Waals surface area contributed by atoms with Crippen molar-refractivity contribution in [2.75, 3.05) is 17.7 Å². The number of benzene rings is 2. The summed E-state index contributed by atoms with van der Waals surface area (Å²) >= 11 is 1.48. The number of anilines is 2. The van der Waals surface area contributed by atoms with Crippen molar-refractivity contribution >= 4 is 28.1 Å². The monoisotopic (exact) mass is 353 g/mol. The Kier molecular flexibility index (Phi) is 5.64. The highest BCUT2D eigenvalue weighted by atomic mass is 32.1. The molecule has 0 aliphatic heterocycles. The van der Waals surface area contributed by atoms with E-state index >= 15 is 0 Å². The van der Waals surface area contributed by atoms with Crippen molar-refractivity contribution in [3.63, 3.8) is 0 Å². The van der Waals surface area contributed by atoms with Gasteiger partial charge in [0.05, 0.1) is 12.1 Å². The van der Waals surface area contributed by atoms with Gasteiger partial charge in [-0.05, 0) is 29.8 Å². The molecule has 2 N–H and O–H groups in total. The minimum Gasteiger partial charge on any atom is -0.489 e. The van der Waals surface area contributed by atoms with Crippen LogP contribution in [0, 0.1) is 0 Å². The normalized spacial score (nSPS) is 10.3. The van der Waals surface area contributed by atoms with Crippen LogP contribution in [0.15, 0.2) is 60.0 Å². The summed E-state index contributed by atoms with van der Waals surface area (Å²) in [5, 5.41) is 8.52. The van der Waals surface area contributed by atoms with Crippen LogP contribution in [0.5, 0.6) is 5.75 Å². The van der Waals surface area contributed by atoms with E-state index in [0.29, 0.717) is 6.61 Å². The molecule has 0 atom stereocenters. The smallest absolute Gasteiger partial charge is 0.230 e. The lowest BCUT2D eigenvalue weighted by Gasteiger charge is -2.08. The molecule has 3 rings (SSSR count). The summed E-state index contributed by atoms with van der Waals surface area (Å²) in [5.41, 5.74) is 2.61. The summed E-state index contributed by atoms with van der Waals surface area (Å²) in [6.45, 7) is 0.518. The van der Waals surface area contributed by atoms with Gasteiger partial charge in [-0.2, -0.15) is 0 Å². The summed E-state index contributed by atoms with van der Waals surface area (Å²) in [5.74, 6) is 0.672. The minimum absolute atomic E-state index is 0.0918. The van der Waals surface area contributed by atoms with E-state index in [4.69, 9.17) is 4.74 Å². The number of amides is 1. The van der Waals surface area contributed by atoms with Crippen LogP contribution in [0.3, 0.4) is 0 Å². The zero-order valence-corrected chi connectivity index (χ0v) is 14.7. The summed E-state index contributed by atoms with van der Waals surface area (Å²) in [7, 11) is 1.81. The molecule has 5 nitrogen and oxygen atoms in total. The van der Waals surface area contributed by atoms with Gasteiger partial charge in [0.25, 0.3) is 0 Å². The summed E-state index contributed by atoms with van der Waals surface area (Å²) < 4.78 is 5.73. The maximum atomic E-state index is 12.1. The Bertz CT molecular complexity index is 816. The van der Waals surface area contributed by atoms with Gasteiger partial charge in [-0.25, -0.2) is 4.98 Å². The lowest BCUT2D eigenvalue weighted by atomic mass is 10.2. The molecular formula is C19H19N3O2S. The number of carbonyl (C=O) groups is 1. The van der Waals surface area contributed by atoms with Gasteiger partial charge in [-0.1, -0.05) is 30.3 Å². The van der Waals surface area contributed by atoms with E-state index in [-0.39, 0.29) is 12.3 Å². The third kappa shape index (κ3) is 5.06. The molecule has 25 heavy (non-hydrogen) atoms. The third-order valence-electron chi connectivity index (χ3n) is 3.49. The van der Waals surface area contributed by atoms with Crippen molar-refractivity contribution in [1.29, 1.82) is 0 Å². The lowest BCUT2D eigenvalue weighted by Crippen LogP contribution is -2.14. The zero-order valence-electron chi connectivity index (χ0n) is 13.9. The van der Waals surface area contributed by atoms with E-state index in [1.165, 1.54) is 11.3 Å². The molecular weight excluding hydrogens is 334 g/mol. The van der Waals surface area contributed by atoms with Crippen LogP contribution in [-0.2, 0) is 17.8 Å². The molecule has 1 heterocycles. The van der Waals surface area contributed by atoms with E-state index in [1.54, 1.807) is 0 Å². The maximum Gasteiger partial charge on any atom is 0.230 e. The van der Waals surface area contributed by atoms with Crippen LogP contribution in [0.4, 0.5) is 10.8 Å². The molecule has 1 amide bonds. The Morgan fingerprint density at radius 3 is 2.56 bits per heavy atom. The fourth-order valence-corrected chi connectivity index (χ4v) is 2.92. The second-order valence-electron chi connectivity index (χ2n) is 5.42. The Labute approximate surface area is 150 Å². The molecule has 0 radical (unpaired) electrons. The van der Waals surface area contributed by atoms with Crippen LogP contribution in [0.2, 0.25) is 0 Å². The van der Waals surface area contributed by atoms with E-state index in [1.807, 2.05) is 67.0 Å². The van der Waals surface area contributed by atoms with Gasteiger partial charge in [-0.15, -0.1) is 11.3 Å². The summed E-state index contributed by atoms with van der Waals surface area (Å²) in [4.78, 5) is 16.4. The van der Waals surface area contributed by atoms with Gasteiger partial charge in [0.15, 0.2) is 5.13 Å². The number of ether oxygens (including phenoxy) is 1. The van der Waals surface area contributed by atoms with Gasteiger partial charge in [0.1, 0.15) is 12.4 Å². The summed E-state index contributed by atoms with van der Waals surface area (Å²) in [6, 6.07) is 17.3. The molecule has 0 spiro atoms. The molecule has 0 fully saturated rings. The molecule has 0 aliphatic rings. The van der Waals surface area contributed by atoms with Gasteiger partial charge >= 0.3 is 0 Å². The average Bonchev–Trinajstić information content (AvgIpc) is 3.09. The first-order valence-electron chi connectivity index (χ1n) is 7.92. The van der Waals surface area contributed by atoms with Crippen molar-refractivity contribution in [2.24, 2.45) is 0 Å². The second-order valence-corrected chi connectivity index (χ2v) is 6.28. The third-order valence-corrected chi connectivity index (χ3v) is 4.40. The van der Waals surface area contributed by atoms with Crippen LogP contribution in [0.1, 0.15) is 11.3 Å². The Hall–Kier alpha value is -2.86. The van der Waals surface area contributed by atoms with E-state index < -0.39 is 0 Å². The number of nitrogens with one attached hydrogen (secondary N) is 2. The van der Waals surface area contributed by atoms with E-state index in [2.05, 4.69) is 15.6 Å². The topological polar surface area (TPSA) is 63.2 Å². The fourth-order valence-electron chi connectivity index (χ4n) is 2.25. The number of rotatable bonds is 7. The minimum atomic E-state index is -0.0918. The van der Waals surface area contributed by atoms with Crippen LogP contribution >= 0.6 is 11.3 Å². The highest BCUT2D eigenvalue weighted by Crippen LogP contribution is 2.18. The number of aromatic nitrogens is 1. The fraction of sp³-hybridized carbons (Fsp3) is 0.158. The van der Waals surface area contributed by atoms with Crippen molar-refractivity contribution in [1.82, 2.24) is 4.98 Å². The van der Waals surface area contributed by atoms with E-state index in [0.717, 1.165) is 27.8 Å². The molecule has 3 aromatic rings. The Balaban J connectivity index is 1.50. The first-order chi connectivity index (χ1) is 12.2. The number of hydrogen-bond donors (Lipinski definition) is 2. The van der Waals surface area contributed by atoms with Crippen LogP contribution < -0.4 is 15.4 Å². The van der Waals surface area contributed by atoms with Gasteiger partial charge in [-0.3, -0.25) is 4.79 Å². The van der Waals surface area contributed by atoms with Crippen LogP contribution in [0.25, 0.3) is 0 Å². The van der Waals surface area contributed by atoms with Gasteiger partial charge in [0, 0.05) is 18.1 Å². The van der Waals surface area contributed by atoms with Gasteiger partial charge in [0.2, 0.25) is 5.91 Å². The number of carbonyl (C=O) groups excluding carboxylic acids is 1. The second kappa shape index (κ2) is 8.30. The van der Waals surface area contributed by atoms with Crippen molar-refractivity contribution < 1.29 is 9.53 Å². The predicted molar refractivity (Wildman–Crippen MR) is 101 cm³/mol.